The standard InChI is InChI=1S/C20H26N2O3/c23-11-16-13-5-6-14(9-13)20(16)22-18(24)3-1-2-12-4-7-17-15(8-12)10-19(25)21-17/h4,7-8,13-14,16,20,23H,1-3,5-6,9-11H2,(H,21,25)(H,22,24). The molecule has 1 aromatic rings. The van der Waals surface area contributed by atoms with E-state index >= 15 is 0 Å². The molecule has 3 N–H and O–H groups in total. The number of hydrogen-bond donors (Lipinski definition) is 3. The van der Waals surface area contributed by atoms with E-state index in [1.54, 1.807) is 0 Å². The molecular weight excluding hydrogens is 316 g/mol. The molecular formula is C20H26N2O3. The van der Waals surface area contributed by atoms with Gasteiger partial charge in [-0.3, -0.25) is 9.59 Å². The van der Waals surface area contributed by atoms with Crippen molar-refractivity contribution >= 4 is 17.5 Å². The van der Waals surface area contributed by atoms with Crippen molar-refractivity contribution in [1.82, 2.24) is 5.32 Å². The third-order valence-electron chi connectivity index (χ3n) is 6.29. The number of aryl methyl sites for hydroxylation is 1. The minimum atomic E-state index is 0.0517. The lowest BCUT2D eigenvalue weighted by Crippen LogP contribution is -2.45. The van der Waals surface area contributed by atoms with Crippen LogP contribution in [0.3, 0.4) is 0 Å². The van der Waals surface area contributed by atoms with Gasteiger partial charge in [-0.1, -0.05) is 12.1 Å². The fourth-order valence-electron chi connectivity index (χ4n) is 5.05. The van der Waals surface area contributed by atoms with E-state index in [1.807, 2.05) is 12.1 Å². The Labute approximate surface area is 148 Å². The molecule has 134 valence electrons. The molecule has 1 aliphatic heterocycles. The maximum absolute atomic E-state index is 12.3. The topological polar surface area (TPSA) is 78.4 Å². The second kappa shape index (κ2) is 6.79. The number of carbonyl (C=O) groups excluding carboxylic acids is 2. The zero-order valence-electron chi connectivity index (χ0n) is 14.5. The van der Waals surface area contributed by atoms with Crippen LogP contribution in [-0.2, 0) is 22.4 Å². The Morgan fingerprint density at radius 2 is 2.12 bits per heavy atom. The van der Waals surface area contributed by atoms with Crippen LogP contribution in [-0.4, -0.2) is 29.6 Å². The average Bonchev–Trinajstić information content (AvgIpc) is 3.27. The minimum absolute atomic E-state index is 0.0517. The second-order valence-corrected chi connectivity index (χ2v) is 7.84. The highest BCUT2D eigenvalue weighted by molar-refractivity contribution is 5.99. The van der Waals surface area contributed by atoms with Gasteiger partial charge in [-0.25, -0.2) is 0 Å². The number of carbonyl (C=O) groups is 2. The summed E-state index contributed by atoms with van der Waals surface area (Å²) in [5, 5.41) is 15.6. The molecule has 1 aromatic carbocycles. The van der Waals surface area contributed by atoms with Crippen LogP contribution in [0.25, 0.3) is 0 Å². The fourth-order valence-corrected chi connectivity index (χ4v) is 5.05. The second-order valence-electron chi connectivity index (χ2n) is 7.84. The molecule has 5 nitrogen and oxygen atoms in total. The lowest BCUT2D eigenvalue weighted by Gasteiger charge is -2.30. The number of fused-ring (bicyclic) bond motifs is 3. The molecule has 0 spiro atoms. The van der Waals surface area contributed by atoms with E-state index in [0.29, 0.717) is 24.7 Å². The van der Waals surface area contributed by atoms with E-state index in [0.717, 1.165) is 30.5 Å². The smallest absolute Gasteiger partial charge is 0.228 e. The van der Waals surface area contributed by atoms with Crippen LogP contribution in [0.15, 0.2) is 18.2 Å². The van der Waals surface area contributed by atoms with Gasteiger partial charge < -0.3 is 15.7 Å². The summed E-state index contributed by atoms with van der Waals surface area (Å²) in [6.45, 7) is 0.188. The van der Waals surface area contributed by atoms with E-state index in [4.69, 9.17) is 0 Å². The molecule has 2 bridgehead atoms. The average molecular weight is 342 g/mol. The molecule has 2 saturated carbocycles. The van der Waals surface area contributed by atoms with Crippen LogP contribution in [0.2, 0.25) is 0 Å². The first kappa shape index (κ1) is 16.6. The molecule has 2 aliphatic carbocycles. The number of hydrogen-bond acceptors (Lipinski definition) is 3. The third-order valence-corrected chi connectivity index (χ3v) is 6.29. The Bertz CT molecular complexity index is 688. The van der Waals surface area contributed by atoms with E-state index in [1.165, 1.54) is 18.4 Å². The van der Waals surface area contributed by atoms with Crippen molar-refractivity contribution in [2.75, 3.05) is 11.9 Å². The monoisotopic (exact) mass is 342 g/mol. The summed E-state index contributed by atoms with van der Waals surface area (Å²) in [7, 11) is 0. The molecule has 25 heavy (non-hydrogen) atoms. The Morgan fingerprint density at radius 1 is 1.28 bits per heavy atom. The van der Waals surface area contributed by atoms with Crippen LogP contribution >= 0.6 is 0 Å². The van der Waals surface area contributed by atoms with E-state index in [2.05, 4.69) is 16.7 Å². The van der Waals surface area contributed by atoms with Gasteiger partial charge in [0.1, 0.15) is 0 Å². The lowest BCUT2D eigenvalue weighted by molar-refractivity contribution is -0.122. The van der Waals surface area contributed by atoms with E-state index in [-0.39, 0.29) is 30.4 Å². The number of aliphatic hydroxyl groups is 1. The van der Waals surface area contributed by atoms with Crippen molar-refractivity contribution in [3.8, 4) is 0 Å². The zero-order valence-corrected chi connectivity index (χ0v) is 14.5. The SMILES string of the molecule is O=C1Cc2cc(CCCC(=O)NC3C4CCC(C4)C3CO)ccc2N1. The first-order chi connectivity index (χ1) is 12.1. The van der Waals surface area contributed by atoms with E-state index < -0.39 is 0 Å². The van der Waals surface area contributed by atoms with Crippen LogP contribution in [0.4, 0.5) is 5.69 Å². The number of nitrogens with one attached hydrogen (secondary N) is 2. The predicted molar refractivity (Wildman–Crippen MR) is 95.1 cm³/mol. The first-order valence-electron chi connectivity index (χ1n) is 9.46. The molecule has 3 aliphatic rings. The summed E-state index contributed by atoms with van der Waals surface area (Å²) in [6, 6.07) is 6.23. The number of aliphatic hydroxyl groups excluding tert-OH is 1. The quantitative estimate of drug-likeness (QED) is 0.740. The first-order valence-corrected chi connectivity index (χ1v) is 9.46. The number of anilines is 1. The molecule has 2 amide bonds. The van der Waals surface area contributed by atoms with Crippen LogP contribution in [0.5, 0.6) is 0 Å². The summed E-state index contributed by atoms with van der Waals surface area (Å²) < 4.78 is 0. The highest BCUT2D eigenvalue weighted by atomic mass is 16.3. The Balaban J connectivity index is 1.26. The molecule has 1 heterocycles. The molecule has 4 atom stereocenters. The third kappa shape index (κ3) is 3.30. The molecule has 0 aromatic heterocycles. The predicted octanol–water partition coefficient (Wildman–Crippen LogP) is 2.03. The zero-order chi connectivity index (χ0) is 17.4. The minimum Gasteiger partial charge on any atom is -0.396 e. The summed E-state index contributed by atoms with van der Waals surface area (Å²) in [4.78, 5) is 23.7. The van der Waals surface area contributed by atoms with Crippen molar-refractivity contribution in [1.29, 1.82) is 0 Å². The van der Waals surface area contributed by atoms with Crippen LogP contribution < -0.4 is 10.6 Å². The van der Waals surface area contributed by atoms with Gasteiger partial charge in [0, 0.05) is 30.7 Å². The Morgan fingerprint density at radius 3 is 2.96 bits per heavy atom. The summed E-state index contributed by atoms with van der Waals surface area (Å²) in [5.74, 6) is 1.57. The van der Waals surface area contributed by atoms with Crippen LogP contribution in [0.1, 0.15) is 43.2 Å². The Hall–Kier alpha value is -1.88. The van der Waals surface area contributed by atoms with Crippen LogP contribution in [0, 0.1) is 17.8 Å². The summed E-state index contributed by atoms with van der Waals surface area (Å²) in [5.41, 5.74) is 3.15. The van der Waals surface area contributed by atoms with Crippen molar-refractivity contribution in [3.05, 3.63) is 29.3 Å². The van der Waals surface area contributed by atoms with Gasteiger partial charge in [-0.05, 0) is 61.1 Å². The van der Waals surface area contributed by atoms with Gasteiger partial charge in [0.2, 0.25) is 11.8 Å². The number of amides is 2. The van der Waals surface area contributed by atoms with Crippen molar-refractivity contribution < 1.29 is 14.7 Å². The largest absolute Gasteiger partial charge is 0.396 e. The van der Waals surface area contributed by atoms with Gasteiger partial charge in [-0.2, -0.15) is 0 Å². The normalized spacial score (nSPS) is 29.6. The van der Waals surface area contributed by atoms with Crippen molar-refractivity contribution in [2.45, 2.75) is 51.0 Å². The maximum atomic E-state index is 12.3. The van der Waals surface area contributed by atoms with Gasteiger partial charge in [0.15, 0.2) is 0 Å². The van der Waals surface area contributed by atoms with Crippen molar-refractivity contribution in [2.24, 2.45) is 17.8 Å². The molecule has 0 saturated heterocycles. The maximum Gasteiger partial charge on any atom is 0.228 e. The van der Waals surface area contributed by atoms with Crippen molar-refractivity contribution in [3.63, 3.8) is 0 Å². The summed E-state index contributed by atoms with van der Waals surface area (Å²) in [6.07, 6.45) is 6.17. The van der Waals surface area contributed by atoms with E-state index in [9.17, 15) is 14.7 Å². The molecule has 4 unspecified atom stereocenters. The van der Waals surface area contributed by atoms with Gasteiger partial charge in [-0.15, -0.1) is 0 Å². The Kier molecular flexibility index (Phi) is 4.50. The highest BCUT2D eigenvalue weighted by Crippen LogP contribution is 2.48. The molecule has 4 rings (SSSR count). The molecule has 0 radical (unpaired) electrons. The van der Waals surface area contributed by atoms with Gasteiger partial charge in [0.25, 0.3) is 0 Å². The molecule has 2 fully saturated rings. The number of rotatable bonds is 6. The summed E-state index contributed by atoms with van der Waals surface area (Å²) >= 11 is 0. The lowest BCUT2D eigenvalue weighted by atomic mass is 9.85. The number of benzene rings is 1. The highest BCUT2D eigenvalue weighted by Gasteiger charge is 2.47. The van der Waals surface area contributed by atoms with Gasteiger partial charge in [0.05, 0.1) is 6.42 Å². The fraction of sp³-hybridized carbons (Fsp3) is 0.600. The van der Waals surface area contributed by atoms with Gasteiger partial charge >= 0.3 is 0 Å². The molecule has 5 heteroatoms.